The second-order valence-electron chi connectivity index (χ2n) is 8.39. The van der Waals surface area contributed by atoms with E-state index in [0.29, 0.717) is 11.4 Å². The number of aliphatic imine (C=N–C) groups is 1. The number of anilines is 2. The van der Waals surface area contributed by atoms with E-state index in [1.165, 1.54) is 4.90 Å². The summed E-state index contributed by atoms with van der Waals surface area (Å²) in [6, 6.07) is 19.5. The Hall–Kier alpha value is -3.73. The van der Waals surface area contributed by atoms with Gasteiger partial charge < -0.3 is 10.2 Å². The van der Waals surface area contributed by atoms with Gasteiger partial charge in [-0.05, 0) is 62.6 Å². The number of carbonyl (C=O) groups excluding carboxylic acids is 2. The molecule has 2 amide bonds. The summed E-state index contributed by atoms with van der Waals surface area (Å²) in [6.07, 6.45) is 0.134. The molecule has 1 N–H and O–H groups in total. The Balaban J connectivity index is 1.63. The van der Waals surface area contributed by atoms with Gasteiger partial charge in [-0.2, -0.15) is 0 Å². The van der Waals surface area contributed by atoms with Gasteiger partial charge in [-0.1, -0.05) is 53.6 Å². The molecule has 0 fully saturated rings. The van der Waals surface area contributed by atoms with Crippen LogP contribution >= 0.6 is 0 Å². The molecule has 1 aliphatic rings. The van der Waals surface area contributed by atoms with Crippen LogP contribution in [0.2, 0.25) is 0 Å². The molecule has 0 bridgehead atoms. The van der Waals surface area contributed by atoms with Gasteiger partial charge in [0.15, 0.2) is 0 Å². The molecule has 0 aromatic heterocycles. The van der Waals surface area contributed by atoms with E-state index < -0.39 is 0 Å². The van der Waals surface area contributed by atoms with E-state index in [1.807, 2.05) is 82.3 Å². The van der Waals surface area contributed by atoms with E-state index in [1.54, 1.807) is 0 Å². The van der Waals surface area contributed by atoms with Gasteiger partial charge in [0, 0.05) is 5.69 Å². The number of hydrogen-bond donors (Lipinski definition) is 1. The fourth-order valence-corrected chi connectivity index (χ4v) is 4.10. The summed E-state index contributed by atoms with van der Waals surface area (Å²) in [5.74, 6) is -0.389. The molecule has 1 heterocycles. The highest BCUT2D eigenvalue weighted by Crippen LogP contribution is 2.33. The molecule has 3 aromatic carbocycles. The van der Waals surface area contributed by atoms with Crippen molar-refractivity contribution in [1.29, 1.82) is 0 Å². The zero-order chi connectivity index (χ0) is 22.8. The molecule has 5 nitrogen and oxygen atoms in total. The van der Waals surface area contributed by atoms with Crippen LogP contribution in [0.25, 0.3) is 0 Å². The molecule has 4 rings (SSSR count). The molecule has 0 spiro atoms. The summed E-state index contributed by atoms with van der Waals surface area (Å²) in [6.45, 7) is 7.97. The van der Waals surface area contributed by atoms with Gasteiger partial charge in [-0.3, -0.25) is 14.6 Å². The SMILES string of the molecule is Cc1ccc(NC(=O)CN2C(=O)CC(c3ccc(C)cc3C)=Nc3ccccc32)c(C)c1. The van der Waals surface area contributed by atoms with Gasteiger partial charge in [-0.15, -0.1) is 0 Å². The largest absolute Gasteiger partial charge is 0.324 e. The highest BCUT2D eigenvalue weighted by atomic mass is 16.2. The number of rotatable bonds is 4. The first-order valence-corrected chi connectivity index (χ1v) is 10.7. The summed E-state index contributed by atoms with van der Waals surface area (Å²) in [5, 5.41) is 2.94. The van der Waals surface area contributed by atoms with Crippen molar-refractivity contribution in [2.45, 2.75) is 34.1 Å². The van der Waals surface area contributed by atoms with Crippen LogP contribution in [0.3, 0.4) is 0 Å². The van der Waals surface area contributed by atoms with Gasteiger partial charge in [-0.25, -0.2) is 0 Å². The maximum Gasteiger partial charge on any atom is 0.244 e. The lowest BCUT2D eigenvalue weighted by atomic mass is 9.99. The number of para-hydroxylation sites is 2. The second-order valence-corrected chi connectivity index (χ2v) is 8.39. The first-order valence-electron chi connectivity index (χ1n) is 10.7. The maximum absolute atomic E-state index is 13.3. The minimum absolute atomic E-state index is 0.0706. The number of nitrogens with zero attached hydrogens (tertiary/aromatic N) is 2. The standard InChI is InChI=1S/C27H27N3O2/c1-17-9-11-21(19(3)13-17)24-15-27(32)30(25-8-6-5-7-23(25)28-24)16-26(31)29-22-12-10-18(2)14-20(22)4/h5-14H,15-16H2,1-4H3,(H,29,31). The van der Waals surface area contributed by atoms with Crippen molar-refractivity contribution in [3.05, 3.63) is 88.5 Å². The summed E-state index contributed by atoms with van der Waals surface area (Å²) in [7, 11) is 0. The lowest BCUT2D eigenvalue weighted by molar-refractivity contribution is -0.120. The number of carbonyl (C=O) groups is 2. The van der Waals surface area contributed by atoms with Crippen molar-refractivity contribution < 1.29 is 9.59 Å². The fraction of sp³-hybridized carbons (Fsp3) is 0.222. The molecule has 0 saturated heterocycles. The number of fused-ring (bicyclic) bond motifs is 1. The second kappa shape index (κ2) is 8.79. The highest BCUT2D eigenvalue weighted by molar-refractivity contribution is 6.19. The molecule has 5 heteroatoms. The van der Waals surface area contributed by atoms with E-state index in [2.05, 4.69) is 11.4 Å². The Morgan fingerprint density at radius 2 is 1.62 bits per heavy atom. The lowest BCUT2D eigenvalue weighted by Gasteiger charge is -2.22. The molecule has 32 heavy (non-hydrogen) atoms. The smallest absolute Gasteiger partial charge is 0.244 e. The Morgan fingerprint density at radius 1 is 0.938 bits per heavy atom. The van der Waals surface area contributed by atoms with Crippen LogP contribution in [0.1, 0.15) is 34.2 Å². The van der Waals surface area contributed by atoms with E-state index in [9.17, 15) is 9.59 Å². The maximum atomic E-state index is 13.3. The first-order chi connectivity index (χ1) is 15.3. The number of nitrogens with one attached hydrogen (secondary N) is 1. The quantitative estimate of drug-likeness (QED) is 0.607. The van der Waals surface area contributed by atoms with Crippen LogP contribution in [0.4, 0.5) is 17.1 Å². The van der Waals surface area contributed by atoms with Crippen molar-refractivity contribution in [3.8, 4) is 0 Å². The van der Waals surface area contributed by atoms with Crippen molar-refractivity contribution in [2.24, 2.45) is 4.99 Å². The van der Waals surface area contributed by atoms with Gasteiger partial charge in [0.2, 0.25) is 11.8 Å². The Morgan fingerprint density at radius 3 is 2.34 bits per heavy atom. The molecule has 1 aliphatic heterocycles. The molecule has 0 unspecified atom stereocenters. The average Bonchev–Trinajstić information content (AvgIpc) is 2.87. The van der Waals surface area contributed by atoms with Gasteiger partial charge >= 0.3 is 0 Å². The van der Waals surface area contributed by atoms with E-state index in [-0.39, 0.29) is 24.8 Å². The number of hydrogen-bond acceptors (Lipinski definition) is 3. The molecular formula is C27H27N3O2. The predicted octanol–water partition coefficient (Wildman–Crippen LogP) is 5.42. The zero-order valence-electron chi connectivity index (χ0n) is 18.9. The normalized spacial score (nSPS) is 13.3. The monoisotopic (exact) mass is 425 g/mol. The Bertz CT molecular complexity index is 1240. The van der Waals surface area contributed by atoms with Crippen molar-refractivity contribution in [1.82, 2.24) is 0 Å². The van der Waals surface area contributed by atoms with Crippen LogP contribution in [0.15, 0.2) is 65.7 Å². The summed E-state index contributed by atoms with van der Waals surface area (Å²) in [5.41, 5.74) is 8.13. The van der Waals surface area contributed by atoms with Crippen LogP contribution in [-0.2, 0) is 9.59 Å². The fourth-order valence-electron chi connectivity index (χ4n) is 4.10. The number of amides is 2. The first kappa shape index (κ1) is 21.5. The predicted molar refractivity (Wildman–Crippen MR) is 130 cm³/mol. The van der Waals surface area contributed by atoms with Crippen LogP contribution in [0.5, 0.6) is 0 Å². The minimum atomic E-state index is -0.241. The zero-order valence-corrected chi connectivity index (χ0v) is 18.9. The van der Waals surface area contributed by atoms with E-state index in [4.69, 9.17) is 4.99 Å². The third-order valence-corrected chi connectivity index (χ3v) is 5.70. The van der Waals surface area contributed by atoms with E-state index in [0.717, 1.165) is 39.2 Å². The molecule has 0 atom stereocenters. The number of benzene rings is 3. The topological polar surface area (TPSA) is 61.8 Å². The van der Waals surface area contributed by atoms with Crippen LogP contribution < -0.4 is 10.2 Å². The average molecular weight is 426 g/mol. The highest BCUT2D eigenvalue weighted by Gasteiger charge is 2.27. The van der Waals surface area contributed by atoms with Gasteiger partial charge in [0.05, 0.1) is 23.5 Å². The van der Waals surface area contributed by atoms with Crippen molar-refractivity contribution in [2.75, 3.05) is 16.8 Å². The van der Waals surface area contributed by atoms with E-state index >= 15 is 0 Å². The molecule has 162 valence electrons. The minimum Gasteiger partial charge on any atom is -0.324 e. The van der Waals surface area contributed by atoms with Crippen LogP contribution in [0, 0.1) is 27.7 Å². The molecule has 0 saturated carbocycles. The van der Waals surface area contributed by atoms with Crippen LogP contribution in [-0.4, -0.2) is 24.1 Å². The van der Waals surface area contributed by atoms with Crippen molar-refractivity contribution >= 4 is 34.6 Å². The van der Waals surface area contributed by atoms with Gasteiger partial charge in [0.1, 0.15) is 6.54 Å². The molecule has 3 aromatic rings. The third-order valence-electron chi connectivity index (χ3n) is 5.70. The molecule has 0 radical (unpaired) electrons. The summed E-state index contributed by atoms with van der Waals surface area (Å²) < 4.78 is 0. The lowest BCUT2D eigenvalue weighted by Crippen LogP contribution is -2.38. The summed E-state index contributed by atoms with van der Waals surface area (Å²) >= 11 is 0. The summed E-state index contributed by atoms with van der Waals surface area (Å²) in [4.78, 5) is 32.6. The Labute approximate surface area is 188 Å². The molecular weight excluding hydrogens is 398 g/mol. The van der Waals surface area contributed by atoms with Crippen molar-refractivity contribution in [3.63, 3.8) is 0 Å². The molecule has 0 aliphatic carbocycles. The Kier molecular flexibility index (Phi) is 5.91. The van der Waals surface area contributed by atoms with Gasteiger partial charge in [0.25, 0.3) is 0 Å². The number of aryl methyl sites for hydroxylation is 4. The third kappa shape index (κ3) is 4.47.